The quantitative estimate of drug-likeness (QED) is 0.738. The largest absolute Gasteiger partial charge is 0.497 e. The molecule has 0 amide bonds. The Morgan fingerprint density at radius 1 is 1.14 bits per heavy atom. The van der Waals surface area contributed by atoms with Crippen LogP contribution in [0.4, 0.5) is 0 Å². The van der Waals surface area contributed by atoms with Gasteiger partial charge in [-0.15, -0.1) is 0 Å². The van der Waals surface area contributed by atoms with E-state index < -0.39 is 0 Å². The summed E-state index contributed by atoms with van der Waals surface area (Å²) in [5, 5.41) is 1.78. The van der Waals surface area contributed by atoms with Crippen LogP contribution in [0.2, 0.25) is 0 Å². The lowest BCUT2D eigenvalue weighted by Crippen LogP contribution is -2.15. The van der Waals surface area contributed by atoms with E-state index in [2.05, 4.69) is 24.3 Å². The number of nitrogens with two attached hydrogens (primary N) is 1. The highest BCUT2D eigenvalue weighted by molar-refractivity contribution is 7.79. The smallest absolute Gasteiger partial charge is 0.118 e. The second-order valence-corrected chi connectivity index (χ2v) is 5.58. The first-order valence-electron chi connectivity index (χ1n) is 7.46. The van der Waals surface area contributed by atoms with Crippen molar-refractivity contribution in [2.24, 2.45) is 5.73 Å². The lowest BCUT2D eigenvalue weighted by molar-refractivity contribution is 0.414. The van der Waals surface area contributed by atoms with Crippen LogP contribution in [0.1, 0.15) is 30.0 Å². The van der Waals surface area contributed by atoms with E-state index in [1.165, 1.54) is 11.5 Å². The monoisotopic (exact) mass is 312 g/mol. The molecular weight excluding hydrogens is 290 g/mol. The van der Waals surface area contributed by atoms with Crippen molar-refractivity contribution >= 4 is 17.6 Å². The van der Waals surface area contributed by atoms with E-state index in [-0.39, 0.29) is 6.04 Å². The summed E-state index contributed by atoms with van der Waals surface area (Å²) in [6.07, 6.45) is 2.72. The van der Waals surface area contributed by atoms with Gasteiger partial charge in [-0.25, -0.2) is 0 Å². The summed E-state index contributed by atoms with van der Waals surface area (Å²) in [5.41, 5.74) is 8.71. The molecule has 0 bridgehead atoms. The summed E-state index contributed by atoms with van der Waals surface area (Å²) in [6, 6.07) is 18.3. The molecule has 1 unspecified atom stereocenters. The van der Waals surface area contributed by atoms with E-state index in [0.29, 0.717) is 0 Å². The molecule has 0 saturated carbocycles. The standard InChI is InChI=1S/C19H22NOS/c1-21-18-11-9-15(10-12-18)7-8-16(14-22)13-19(20)17-5-3-2-4-6-17/h2-6,9-12,14,19H,7-8,13,20H2,1H3. The Labute approximate surface area is 138 Å². The first kappa shape index (κ1) is 16.7. The van der Waals surface area contributed by atoms with Gasteiger partial charge < -0.3 is 10.5 Å². The molecule has 2 aromatic rings. The van der Waals surface area contributed by atoms with Crippen LogP contribution in [-0.2, 0) is 6.42 Å². The van der Waals surface area contributed by atoms with Crippen molar-refractivity contribution < 1.29 is 4.74 Å². The first-order chi connectivity index (χ1) is 10.7. The van der Waals surface area contributed by atoms with Crippen LogP contribution >= 0.6 is 12.2 Å². The Kier molecular flexibility index (Phi) is 6.56. The highest BCUT2D eigenvalue weighted by Crippen LogP contribution is 2.23. The third-order valence-electron chi connectivity index (χ3n) is 3.77. The minimum absolute atomic E-state index is 0.00580. The molecule has 0 fully saturated rings. The summed E-state index contributed by atoms with van der Waals surface area (Å²) in [7, 11) is 1.68. The number of methoxy groups -OCH3 is 1. The molecule has 2 rings (SSSR count). The predicted octanol–water partition coefficient (Wildman–Crippen LogP) is 4.29. The maximum absolute atomic E-state index is 6.27. The van der Waals surface area contributed by atoms with Gasteiger partial charge in [0.1, 0.15) is 5.75 Å². The first-order valence-corrected chi connectivity index (χ1v) is 7.93. The molecule has 0 spiro atoms. The van der Waals surface area contributed by atoms with Crippen LogP contribution in [0.25, 0.3) is 0 Å². The second kappa shape index (κ2) is 8.66. The lowest BCUT2D eigenvalue weighted by Gasteiger charge is -2.17. The van der Waals surface area contributed by atoms with Crippen LogP contribution in [0.3, 0.4) is 0 Å². The van der Waals surface area contributed by atoms with Gasteiger partial charge in [-0.1, -0.05) is 54.7 Å². The van der Waals surface area contributed by atoms with Gasteiger partial charge >= 0.3 is 0 Å². The van der Waals surface area contributed by atoms with Gasteiger partial charge in [-0.3, -0.25) is 0 Å². The molecule has 2 N–H and O–H groups in total. The Hall–Kier alpha value is -1.71. The molecular formula is C19H22NOS. The fourth-order valence-electron chi connectivity index (χ4n) is 2.41. The zero-order valence-electron chi connectivity index (χ0n) is 12.9. The fourth-order valence-corrected chi connectivity index (χ4v) is 2.62. The van der Waals surface area contributed by atoms with Crippen molar-refractivity contribution in [2.45, 2.75) is 25.3 Å². The van der Waals surface area contributed by atoms with Crippen molar-refractivity contribution in [3.63, 3.8) is 0 Å². The minimum Gasteiger partial charge on any atom is -0.497 e. The number of hydrogen-bond acceptors (Lipinski definition) is 3. The van der Waals surface area contributed by atoms with Gasteiger partial charge in [-0.2, -0.15) is 0 Å². The normalized spacial score (nSPS) is 12.1. The molecule has 1 atom stereocenters. The molecule has 115 valence electrons. The molecule has 0 aliphatic carbocycles. The van der Waals surface area contributed by atoms with Gasteiger partial charge in [0.05, 0.1) is 7.11 Å². The summed E-state index contributed by atoms with van der Waals surface area (Å²) in [5.74, 6) is 2.11. The van der Waals surface area contributed by atoms with Crippen molar-refractivity contribution in [3.8, 4) is 5.75 Å². The summed E-state index contributed by atoms with van der Waals surface area (Å²) in [6.45, 7) is 0. The van der Waals surface area contributed by atoms with Crippen LogP contribution < -0.4 is 10.5 Å². The molecule has 0 aliphatic rings. The molecule has 0 aliphatic heterocycles. The lowest BCUT2D eigenvalue weighted by atomic mass is 9.92. The van der Waals surface area contributed by atoms with Crippen LogP contribution in [0, 0.1) is 5.92 Å². The van der Waals surface area contributed by atoms with Gasteiger partial charge in [0.2, 0.25) is 0 Å². The molecule has 0 saturated heterocycles. The third kappa shape index (κ3) is 4.93. The summed E-state index contributed by atoms with van der Waals surface area (Å²) >= 11 is 5.16. The molecule has 0 heterocycles. The second-order valence-electron chi connectivity index (χ2n) is 5.35. The zero-order valence-corrected chi connectivity index (χ0v) is 13.7. The Morgan fingerprint density at radius 2 is 1.82 bits per heavy atom. The SMILES string of the molecule is COc1ccc(CC[C](C=S)CC(N)c2ccccc2)cc1. The minimum atomic E-state index is 0.00580. The Balaban J connectivity index is 1.87. The number of rotatable bonds is 8. The van der Waals surface area contributed by atoms with Gasteiger partial charge in [0.15, 0.2) is 0 Å². The predicted molar refractivity (Wildman–Crippen MR) is 96.2 cm³/mol. The number of thiocarbonyl (C=S) groups is 1. The van der Waals surface area contributed by atoms with E-state index in [0.717, 1.165) is 30.6 Å². The number of hydrogen-bond donors (Lipinski definition) is 1. The highest BCUT2D eigenvalue weighted by Gasteiger charge is 2.13. The van der Waals surface area contributed by atoms with Gasteiger partial charge in [0, 0.05) is 12.0 Å². The maximum Gasteiger partial charge on any atom is 0.118 e. The zero-order chi connectivity index (χ0) is 15.8. The van der Waals surface area contributed by atoms with Gasteiger partial charge in [-0.05, 0) is 47.9 Å². The average molecular weight is 312 g/mol. The Bertz CT molecular complexity index is 568. The van der Waals surface area contributed by atoms with Crippen molar-refractivity contribution in [1.29, 1.82) is 0 Å². The van der Waals surface area contributed by atoms with Crippen molar-refractivity contribution in [3.05, 3.63) is 71.6 Å². The molecule has 1 radical (unpaired) electrons. The van der Waals surface area contributed by atoms with E-state index in [1.54, 1.807) is 12.5 Å². The molecule has 2 nitrogen and oxygen atoms in total. The molecule has 22 heavy (non-hydrogen) atoms. The highest BCUT2D eigenvalue weighted by atomic mass is 32.1. The number of benzene rings is 2. The van der Waals surface area contributed by atoms with Crippen LogP contribution in [-0.4, -0.2) is 12.5 Å². The van der Waals surface area contributed by atoms with E-state index in [4.69, 9.17) is 22.7 Å². The van der Waals surface area contributed by atoms with Crippen molar-refractivity contribution in [2.75, 3.05) is 7.11 Å². The van der Waals surface area contributed by atoms with E-state index >= 15 is 0 Å². The van der Waals surface area contributed by atoms with Crippen LogP contribution in [0.15, 0.2) is 54.6 Å². The van der Waals surface area contributed by atoms with Crippen LogP contribution in [0.5, 0.6) is 5.75 Å². The van der Waals surface area contributed by atoms with Crippen molar-refractivity contribution in [1.82, 2.24) is 0 Å². The third-order valence-corrected chi connectivity index (χ3v) is 4.10. The summed E-state index contributed by atoms with van der Waals surface area (Å²) in [4.78, 5) is 0. The topological polar surface area (TPSA) is 35.2 Å². The molecule has 0 aromatic heterocycles. The number of ether oxygens (including phenoxy) is 1. The number of aryl methyl sites for hydroxylation is 1. The van der Waals surface area contributed by atoms with E-state index in [9.17, 15) is 0 Å². The maximum atomic E-state index is 6.27. The Morgan fingerprint density at radius 3 is 2.41 bits per heavy atom. The van der Waals surface area contributed by atoms with E-state index in [1.807, 2.05) is 30.3 Å². The molecule has 3 heteroatoms. The fraction of sp³-hybridized carbons (Fsp3) is 0.263. The average Bonchev–Trinajstić information content (AvgIpc) is 2.59. The van der Waals surface area contributed by atoms with Gasteiger partial charge in [0.25, 0.3) is 0 Å². The molecule has 2 aromatic carbocycles. The summed E-state index contributed by atoms with van der Waals surface area (Å²) < 4.78 is 5.17.